The van der Waals surface area contributed by atoms with Gasteiger partial charge in [0.25, 0.3) is 11.8 Å². The standard InChI is InChI=1S/C23H29BrN4O2/c1-17(2)19-9-7-18(8-10-19)15-27-11-13-28(14-12-27)16-22(29)25-26-23(30)20-5-3-4-6-21(20)24/h3-10,17H,11-16H2,1-2H3,(H,25,29)(H,26,30). The van der Waals surface area contributed by atoms with Gasteiger partial charge in [-0.25, -0.2) is 0 Å². The van der Waals surface area contributed by atoms with Crippen LogP contribution in [-0.2, 0) is 11.3 Å². The van der Waals surface area contributed by atoms with Crippen molar-refractivity contribution in [2.45, 2.75) is 26.3 Å². The number of hydrazine groups is 1. The SMILES string of the molecule is CC(C)c1ccc(CN2CCN(CC(=O)NNC(=O)c3ccccc3Br)CC2)cc1. The molecule has 0 aromatic heterocycles. The summed E-state index contributed by atoms with van der Waals surface area (Å²) in [5.74, 6) is -0.00926. The number of benzene rings is 2. The fourth-order valence-corrected chi connectivity index (χ4v) is 3.92. The highest BCUT2D eigenvalue weighted by atomic mass is 79.9. The first kappa shape index (κ1) is 22.5. The van der Waals surface area contributed by atoms with Crippen molar-refractivity contribution in [2.75, 3.05) is 32.7 Å². The Morgan fingerprint density at radius 3 is 2.20 bits per heavy atom. The van der Waals surface area contributed by atoms with Gasteiger partial charge in [0.2, 0.25) is 0 Å². The van der Waals surface area contributed by atoms with Crippen molar-refractivity contribution in [3.8, 4) is 0 Å². The second-order valence-electron chi connectivity index (χ2n) is 7.93. The number of rotatable bonds is 6. The predicted octanol–water partition coefficient (Wildman–Crippen LogP) is 3.15. The minimum atomic E-state index is -0.343. The van der Waals surface area contributed by atoms with E-state index < -0.39 is 0 Å². The molecular weight excluding hydrogens is 444 g/mol. The molecular formula is C23H29BrN4O2. The van der Waals surface area contributed by atoms with Gasteiger partial charge in [-0.2, -0.15) is 0 Å². The second-order valence-corrected chi connectivity index (χ2v) is 8.79. The summed E-state index contributed by atoms with van der Waals surface area (Å²) in [5.41, 5.74) is 8.15. The Hall–Kier alpha value is -2.22. The van der Waals surface area contributed by atoms with Crippen molar-refractivity contribution in [2.24, 2.45) is 0 Å². The number of piperazine rings is 1. The van der Waals surface area contributed by atoms with Crippen LogP contribution in [0.25, 0.3) is 0 Å². The van der Waals surface area contributed by atoms with Crippen molar-refractivity contribution in [1.82, 2.24) is 20.7 Å². The average Bonchev–Trinajstić information content (AvgIpc) is 2.74. The van der Waals surface area contributed by atoms with E-state index in [0.717, 1.165) is 32.7 Å². The maximum Gasteiger partial charge on any atom is 0.270 e. The van der Waals surface area contributed by atoms with Crippen molar-refractivity contribution in [1.29, 1.82) is 0 Å². The molecule has 0 aliphatic carbocycles. The number of nitrogens with zero attached hydrogens (tertiary/aromatic N) is 2. The van der Waals surface area contributed by atoms with Gasteiger partial charge in [-0.15, -0.1) is 0 Å². The van der Waals surface area contributed by atoms with Crippen LogP contribution in [0.4, 0.5) is 0 Å². The summed E-state index contributed by atoms with van der Waals surface area (Å²) in [6, 6.07) is 15.9. The summed E-state index contributed by atoms with van der Waals surface area (Å²) in [7, 11) is 0. The molecule has 2 amide bonds. The van der Waals surface area contributed by atoms with Gasteiger partial charge in [-0.3, -0.25) is 30.2 Å². The van der Waals surface area contributed by atoms with Gasteiger partial charge in [-0.1, -0.05) is 50.2 Å². The van der Waals surface area contributed by atoms with E-state index >= 15 is 0 Å². The second kappa shape index (κ2) is 10.7. The van der Waals surface area contributed by atoms with Crippen LogP contribution in [-0.4, -0.2) is 54.3 Å². The molecule has 7 heteroatoms. The lowest BCUT2D eigenvalue weighted by Crippen LogP contribution is -2.51. The molecule has 1 aliphatic heterocycles. The molecule has 0 radical (unpaired) electrons. The van der Waals surface area contributed by atoms with E-state index in [0.29, 0.717) is 16.0 Å². The molecule has 0 spiro atoms. The van der Waals surface area contributed by atoms with Crippen molar-refractivity contribution < 1.29 is 9.59 Å². The molecule has 0 saturated carbocycles. The number of hydrogen-bond donors (Lipinski definition) is 2. The van der Waals surface area contributed by atoms with E-state index in [1.54, 1.807) is 18.2 Å². The molecule has 1 saturated heterocycles. The molecule has 0 unspecified atom stereocenters. The van der Waals surface area contributed by atoms with Gasteiger partial charge < -0.3 is 0 Å². The van der Waals surface area contributed by atoms with Gasteiger partial charge in [0.05, 0.1) is 12.1 Å². The van der Waals surface area contributed by atoms with E-state index in [1.165, 1.54) is 11.1 Å². The van der Waals surface area contributed by atoms with E-state index in [2.05, 4.69) is 74.7 Å². The molecule has 6 nitrogen and oxygen atoms in total. The molecule has 1 heterocycles. The molecule has 2 aromatic carbocycles. The van der Waals surface area contributed by atoms with Gasteiger partial charge in [0.15, 0.2) is 0 Å². The van der Waals surface area contributed by atoms with Crippen LogP contribution >= 0.6 is 15.9 Å². The van der Waals surface area contributed by atoms with Crippen LogP contribution < -0.4 is 10.9 Å². The Balaban J connectivity index is 1.38. The predicted molar refractivity (Wildman–Crippen MR) is 122 cm³/mol. The number of carbonyl (C=O) groups excluding carboxylic acids is 2. The molecule has 1 fully saturated rings. The smallest absolute Gasteiger partial charge is 0.270 e. The van der Waals surface area contributed by atoms with Crippen LogP contribution in [0.2, 0.25) is 0 Å². The van der Waals surface area contributed by atoms with E-state index in [4.69, 9.17) is 0 Å². The molecule has 0 bridgehead atoms. The lowest BCUT2D eigenvalue weighted by molar-refractivity contribution is -0.123. The maximum absolute atomic E-state index is 12.2. The summed E-state index contributed by atoms with van der Waals surface area (Å²) < 4.78 is 0.687. The number of carbonyl (C=O) groups is 2. The van der Waals surface area contributed by atoms with Crippen LogP contribution in [0.15, 0.2) is 53.0 Å². The molecule has 2 aromatic rings. The van der Waals surface area contributed by atoms with Crippen LogP contribution in [0.1, 0.15) is 41.3 Å². The topological polar surface area (TPSA) is 64.7 Å². The summed E-state index contributed by atoms with van der Waals surface area (Å²) in [6.07, 6.45) is 0. The number of nitrogens with one attached hydrogen (secondary N) is 2. The summed E-state index contributed by atoms with van der Waals surface area (Å²) in [6.45, 7) is 9.11. The summed E-state index contributed by atoms with van der Waals surface area (Å²) in [4.78, 5) is 28.9. The minimum absolute atomic E-state index is 0.215. The third-order valence-corrected chi connectivity index (χ3v) is 6.01. The van der Waals surface area contributed by atoms with Gasteiger partial charge in [0.1, 0.15) is 0 Å². The highest BCUT2D eigenvalue weighted by Crippen LogP contribution is 2.17. The van der Waals surface area contributed by atoms with Gasteiger partial charge in [-0.05, 0) is 45.1 Å². The lowest BCUT2D eigenvalue weighted by Gasteiger charge is -2.34. The zero-order valence-electron chi connectivity index (χ0n) is 17.5. The normalized spacial score (nSPS) is 15.2. The van der Waals surface area contributed by atoms with Crippen molar-refractivity contribution in [3.63, 3.8) is 0 Å². The van der Waals surface area contributed by atoms with Gasteiger partial charge in [0, 0.05) is 37.2 Å². The van der Waals surface area contributed by atoms with E-state index in [1.807, 2.05) is 6.07 Å². The molecule has 3 rings (SSSR count). The molecule has 2 N–H and O–H groups in total. The Kier molecular flexibility index (Phi) is 8.01. The number of amides is 2. The fraction of sp³-hybridized carbons (Fsp3) is 0.391. The molecule has 160 valence electrons. The van der Waals surface area contributed by atoms with Crippen LogP contribution in [0.5, 0.6) is 0 Å². The van der Waals surface area contributed by atoms with Crippen LogP contribution in [0, 0.1) is 0 Å². The van der Waals surface area contributed by atoms with Crippen molar-refractivity contribution in [3.05, 3.63) is 69.7 Å². The largest absolute Gasteiger partial charge is 0.297 e. The van der Waals surface area contributed by atoms with Gasteiger partial charge >= 0.3 is 0 Å². The summed E-state index contributed by atoms with van der Waals surface area (Å²) >= 11 is 3.34. The minimum Gasteiger partial charge on any atom is -0.297 e. The van der Waals surface area contributed by atoms with E-state index in [-0.39, 0.29) is 18.4 Å². The fourth-order valence-electron chi connectivity index (χ4n) is 3.45. The Labute approximate surface area is 186 Å². The first-order chi connectivity index (χ1) is 14.4. The monoisotopic (exact) mass is 472 g/mol. The highest BCUT2D eigenvalue weighted by Gasteiger charge is 2.19. The van der Waals surface area contributed by atoms with Crippen molar-refractivity contribution >= 4 is 27.7 Å². The quantitative estimate of drug-likeness (QED) is 0.633. The first-order valence-electron chi connectivity index (χ1n) is 10.3. The molecule has 30 heavy (non-hydrogen) atoms. The van der Waals surface area contributed by atoms with E-state index in [9.17, 15) is 9.59 Å². The Morgan fingerprint density at radius 1 is 0.933 bits per heavy atom. The Morgan fingerprint density at radius 2 is 1.57 bits per heavy atom. The zero-order valence-corrected chi connectivity index (χ0v) is 19.1. The highest BCUT2D eigenvalue weighted by molar-refractivity contribution is 9.10. The average molecular weight is 473 g/mol. The molecule has 0 atom stereocenters. The zero-order chi connectivity index (χ0) is 21.5. The maximum atomic E-state index is 12.2. The molecule has 1 aliphatic rings. The first-order valence-corrected chi connectivity index (χ1v) is 11.1. The summed E-state index contributed by atoms with van der Waals surface area (Å²) in [5, 5.41) is 0. The lowest BCUT2D eigenvalue weighted by atomic mass is 10.0. The number of hydrogen-bond acceptors (Lipinski definition) is 4. The Bertz CT molecular complexity index is 862. The number of halogens is 1. The third kappa shape index (κ3) is 6.39. The van der Waals surface area contributed by atoms with Crippen LogP contribution in [0.3, 0.4) is 0 Å². The third-order valence-electron chi connectivity index (χ3n) is 5.32.